The first-order valence-corrected chi connectivity index (χ1v) is 6.92. The summed E-state index contributed by atoms with van der Waals surface area (Å²) in [4.78, 5) is 2.46. The summed E-state index contributed by atoms with van der Waals surface area (Å²) in [6.45, 7) is 4.24. The molecule has 0 spiro atoms. The van der Waals surface area contributed by atoms with Crippen molar-refractivity contribution in [3.8, 4) is 0 Å². The van der Waals surface area contributed by atoms with Crippen LogP contribution >= 0.6 is 0 Å². The minimum atomic E-state index is 0.877. The summed E-state index contributed by atoms with van der Waals surface area (Å²) in [7, 11) is 0. The molecule has 2 N–H and O–H groups in total. The van der Waals surface area contributed by atoms with Gasteiger partial charge in [0.15, 0.2) is 0 Å². The Hall–Kier alpha value is -1.96. The lowest BCUT2D eigenvalue weighted by molar-refractivity contribution is 0.805. The second-order valence-electron chi connectivity index (χ2n) is 5.30. The van der Waals surface area contributed by atoms with Crippen molar-refractivity contribution in [3.63, 3.8) is 0 Å². The maximum atomic E-state index is 5.90. The molecule has 0 atom stereocenters. The third kappa shape index (κ3) is 2.43. The average molecular weight is 252 g/mol. The van der Waals surface area contributed by atoms with Gasteiger partial charge >= 0.3 is 0 Å². The van der Waals surface area contributed by atoms with Gasteiger partial charge in [-0.1, -0.05) is 24.3 Å². The molecule has 2 nitrogen and oxygen atoms in total. The van der Waals surface area contributed by atoms with Crippen molar-refractivity contribution in [1.29, 1.82) is 0 Å². The number of benzene rings is 2. The van der Waals surface area contributed by atoms with Gasteiger partial charge < -0.3 is 10.6 Å². The molecule has 2 aromatic carbocycles. The third-order valence-electron chi connectivity index (χ3n) is 4.04. The zero-order valence-electron chi connectivity index (χ0n) is 11.4. The average Bonchev–Trinajstić information content (AvgIpc) is 2.64. The lowest BCUT2D eigenvalue weighted by atomic mass is 10.0. The Balaban J connectivity index is 1.83. The van der Waals surface area contributed by atoms with E-state index in [4.69, 9.17) is 5.73 Å². The Morgan fingerprint density at radius 3 is 2.16 bits per heavy atom. The summed E-state index contributed by atoms with van der Waals surface area (Å²) in [5.41, 5.74) is 12.2. The first-order chi connectivity index (χ1) is 9.24. The van der Waals surface area contributed by atoms with Gasteiger partial charge in [0.1, 0.15) is 0 Å². The van der Waals surface area contributed by atoms with Crippen LogP contribution in [0.2, 0.25) is 0 Å². The van der Waals surface area contributed by atoms with Crippen molar-refractivity contribution in [2.75, 3.05) is 23.7 Å². The van der Waals surface area contributed by atoms with Crippen LogP contribution in [0.5, 0.6) is 0 Å². The maximum absolute atomic E-state index is 5.90. The summed E-state index contributed by atoms with van der Waals surface area (Å²) in [5.74, 6) is 0. The summed E-state index contributed by atoms with van der Waals surface area (Å²) in [6, 6.07) is 15.1. The molecule has 0 bridgehead atoms. The minimum Gasteiger partial charge on any atom is -0.399 e. The molecule has 3 rings (SSSR count). The molecule has 1 heterocycles. The molecule has 0 saturated heterocycles. The van der Waals surface area contributed by atoms with E-state index in [0.717, 1.165) is 31.6 Å². The van der Waals surface area contributed by atoms with Gasteiger partial charge in [-0.05, 0) is 54.7 Å². The Bertz CT molecular complexity index is 563. The fraction of sp³-hybridized carbons (Fsp3) is 0.294. The molecule has 0 aliphatic carbocycles. The highest BCUT2D eigenvalue weighted by Crippen LogP contribution is 2.24. The number of nitrogens with two attached hydrogens (primary N) is 1. The number of nitrogen functional groups attached to an aromatic ring is 1. The summed E-state index contributed by atoms with van der Waals surface area (Å²) >= 11 is 0. The van der Waals surface area contributed by atoms with E-state index >= 15 is 0 Å². The molecule has 0 fully saturated rings. The number of anilines is 2. The standard InChI is InChI=1S/C17H20N2/c1-13-12-16(6-7-17(13)18)19-10-8-14-4-2-3-5-15(14)9-11-19/h2-7,12H,8-11,18H2,1H3. The van der Waals surface area contributed by atoms with Gasteiger partial charge in [0.2, 0.25) is 0 Å². The Kier molecular flexibility index (Phi) is 3.16. The molecule has 1 aliphatic heterocycles. The largest absolute Gasteiger partial charge is 0.399 e. The van der Waals surface area contributed by atoms with Gasteiger partial charge in [0, 0.05) is 24.5 Å². The first kappa shape index (κ1) is 12.1. The highest BCUT2D eigenvalue weighted by atomic mass is 15.1. The van der Waals surface area contributed by atoms with Gasteiger partial charge in [-0.15, -0.1) is 0 Å². The van der Waals surface area contributed by atoms with Crippen LogP contribution in [0.25, 0.3) is 0 Å². The molecule has 98 valence electrons. The van der Waals surface area contributed by atoms with Crippen molar-refractivity contribution in [2.24, 2.45) is 0 Å². The zero-order chi connectivity index (χ0) is 13.2. The van der Waals surface area contributed by atoms with E-state index in [0.29, 0.717) is 0 Å². The van der Waals surface area contributed by atoms with Crippen LogP contribution < -0.4 is 10.6 Å². The lowest BCUT2D eigenvalue weighted by Gasteiger charge is -2.23. The maximum Gasteiger partial charge on any atom is 0.0370 e. The Labute approximate surface area is 114 Å². The molecule has 0 saturated carbocycles. The van der Waals surface area contributed by atoms with E-state index in [9.17, 15) is 0 Å². The van der Waals surface area contributed by atoms with Crippen LogP contribution in [-0.2, 0) is 12.8 Å². The van der Waals surface area contributed by atoms with Crippen molar-refractivity contribution < 1.29 is 0 Å². The molecule has 1 aliphatic rings. The molecule has 2 heteroatoms. The molecule has 2 aromatic rings. The number of rotatable bonds is 1. The van der Waals surface area contributed by atoms with E-state index in [2.05, 4.69) is 48.2 Å². The van der Waals surface area contributed by atoms with Crippen molar-refractivity contribution in [1.82, 2.24) is 0 Å². The number of fused-ring (bicyclic) bond motifs is 1. The van der Waals surface area contributed by atoms with Crippen LogP contribution in [-0.4, -0.2) is 13.1 Å². The predicted octanol–water partition coefficient (Wildman–Crippen LogP) is 3.18. The fourth-order valence-corrected chi connectivity index (χ4v) is 2.78. The van der Waals surface area contributed by atoms with Crippen LogP contribution in [0, 0.1) is 6.92 Å². The van der Waals surface area contributed by atoms with Crippen LogP contribution in [0.4, 0.5) is 11.4 Å². The SMILES string of the molecule is Cc1cc(N2CCc3ccccc3CC2)ccc1N. The second kappa shape index (κ2) is 4.96. The molecule has 0 radical (unpaired) electrons. The van der Waals surface area contributed by atoms with Crippen molar-refractivity contribution in [3.05, 3.63) is 59.2 Å². The van der Waals surface area contributed by atoms with Gasteiger partial charge in [0.25, 0.3) is 0 Å². The van der Waals surface area contributed by atoms with E-state index in [-0.39, 0.29) is 0 Å². The number of hydrogen-bond donors (Lipinski definition) is 1. The molecule has 0 aromatic heterocycles. The van der Waals surface area contributed by atoms with Crippen molar-refractivity contribution >= 4 is 11.4 Å². The number of nitrogens with zero attached hydrogens (tertiary/aromatic N) is 1. The van der Waals surface area contributed by atoms with Crippen molar-refractivity contribution in [2.45, 2.75) is 19.8 Å². The fourth-order valence-electron chi connectivity index (χ4n) is 2.78. The lowest BCUT2D eigenvalue weighted by Crippen LogP contribution is -2.26. The molecule has 0 unspecified atom stereocenters. The zero-order valence-corrected chi connectivity index (χ0v) is 11.4. The summed E-state index contributed by atoms with van der Waals surface area (Å²) in [5, 5.41) is 0. The van der Waals surface area contributed by atoms with E-state index in [1.165, 1.54) is 22.4 Å². The van der Waals surface area contributed by atoms with Crippen LogP contribution in [0.15, 0.2) is 42.5 Å². The van der Waals surface area contributed by atoms with Gasteiger partial charge in [-0.25, -0.2) is 0 Å². The Morgan fingerprint density at radius 1 is 0.947 bits per heavy atom. The second-order valence-corrected chi connectivity index (χ2v) is 5.30. The predicted molar refractivity (Wildman–Crippen MR) is 81.7 cm³/mol. The quantitative estimate of drug-likeness (QED) is 0.790. The van der Waals surface area contributed by atoms with Gasteiger partial charge in [0.05, 0.1) is 0 Å². The minimum absolute atomic E-state index is 0.877. The topological polar surface area (TPSA) is 29.3 Å². The Morgan fingerprint density at radius 2 is 1.58 bits per heavy atom. The van der Waals surface area contributed by atoms with Gasteiger partial charge in [-0.2, -0.15) is 0 Å². The molecular formula is C17H20N2. The first-order valence-electron chi connectivity index (χ1n) is 6.92. The van der Waals surface area contributed by atoms with E-state index < -0.39 is 0 Å². The highest BCUT2D eigenvalue weighted by Gasteiger charge is 2.14. The monoisotopic (exact) mass is 252 g/mol. The smallest absolute Gasteiger partial charge is 0.0370 e. The van der Waals surface area contributed by atoms with Crippen LogP contribution in [0.3, 0.4) is 0 Å². The summed E-state index contributed by atoms with van der Waals surface area (Å²) in [6.07, 6.45) is 2.25. The van der Waals surface area contributed by atoms with E-state index in [1.807, 2.05) is 6.07 Å². The normalized spacial score (nSPS) is 14.9. The summed E-state index contributed by atoms with van der Waals surface area (Å²) < 4.78 is 0. The third-order valence-corrected chi connectivity index (χ3v) is 4.04. The number of hydrogen-bond acceptors (Lipinski definition) is 2. The molecule has 19 heavy (non-hydrogen) atoms. The number of aryl methyl sites for hydroxylation is 1. The highest BCUT2D eigenvalue weighted by molar-refractivity contribution is 5.58. The van der Waals surface area contributed by atoms with Gasteiger partial charge in [-0.3, -0.25) is 0 Å². The molecule has 0 amide bonds. The van der Waals surface area contributed by atoms with Crippen LogP contribution in [0.1, 0.15) is 16.7 Å². The van der Waals surface area contributed by atoms with E-state index in [1.54, 1.807) is 0 Å². The molecular weight excluding hydrogens is 232 g/mol.